The third-order valence-corrected chi connectivity index (χ3v) is 2.91. The van der Waals surface area contributed by atoms with Crippen LogP contribution >= 0.6 is 0 Å². The molecule has 1 unspecified atom stereocenters. The molecule has 3 N–H and O–H groups in total. The number of amides is 2. The van der Waals surface area contributed by atoms with E-state index in [0.29, 0.717) is 12.1 Å². The average molecular weight is 288 g/mol. The van der Waals surface area contributed by atoms with Gasteiger partial charge in [0.2, 0.25) is 0 Å². The van der Waals surface area contributed by atoms with Crippen molar-refractivity contribution in [2.24, 2.45) is 0 Å². The zero-order valence-electron chi connectivity index (χ0n) is 11.4. The molecule has 4 nitrogen and oxygen atoms in total. The highest BCUT2D eigenvalue weighted by Gasteiger charge is 2.08. The fraction of sp³-hybridized carbons (Fsp3) is 0.188. The number of anilines is 1. The van der Waals surface area contributed by atoms with Crippen LogP contribution in [0.3, 0.4) is 0 Å². The molecule has 2 rings (SSSR count). The molecule has 2 aromatic carbocycles. The summed E-state index contributed by atoms with van der Waals surface area (Å²) in [6, 6.07) is 14.6. The smallest absolute Gasteiger partial charge is 0.319 e. The number of urea groups is 1. The Bertz CT molecular complexity index is 573. The molecule has 0 fully saturated rings. The zero-order valence-corrected chi connectivity index (χ0v) is 11.4. The Balaban J connectivity index is 1.74. The normalized spacial score (nSPS) is 11.7. The molecule has 0 spiro atoms. The van der Waals surface area contributed by atoms with Gasteiger partial charge in [-0.25, -0.2) is 9.18 Å². The number of hydrogen-bond donors (Lipinski definition) is 3. The van der Waals surface area contributed by atoms with Gasteiger partial charge in [0.1, 0.15) is 5.82 Å². The third-order valence-electron chi connectivity index (χ3n) is 2.91. The number of aliphatic hydroxyl groups excluding tert-OH is 1. The van der Waals surface area contributed by atoms with Crippen molar-refractivity contribution in [1.29, 1.82) is 0 Å². The molecule has 0 aliphatic rings. The van der Waals surface area contributed by atoms with Crippen molar-refractivity contribution < 1.29 is 14.3 Å². The quantitative estimate of drug-likeness (QED) is 0.792. The molecule has 5 heteroatoms. The fourth-order valence-electron chi connectivity index (χ4n) is 1.88. The Morgan fingerprint density at radius 1 is 1.10 bits per heavy atom. The molecule has 110 valence electrons. The minimum Gasteiger partial charge on any atom is -0.391 e. The first kappa shape index (κ1) is 15.0. The van der Waals surface area contributed by atoms with Crippen molar-refractivity contribution in [1.82, 2.24) is 5.32 Å². The lowest BCUT2D eigenvalue weighted by Gasteiger charge is -2.12. The minimum atomic E-state index is -0.661. The van der Waals surface area contributed by atoms with Crippen molar-refractivity contribution in [3.63, 3.8) is 0 Å². The van der Waals surface area contributed by atoms with Crippen molar-refractivity contribution in [3.05, 3.63) is 66.0 Å². The van der Waals surface area contributed by atoms with Gasteiger partial charge in [0.15, 0.2) is 0 Å². The first-order valence-corrected chi connectivity index (χ1v) is 6.66. The molecule has 0 aromatic heterocycles. The summed E-state index contributed by atoms with van der Waals surface area (Å²) in [5, 5.41) is 15.0. The van der Waals surface area contributed by atoms with E-state index < -0.39 is 12.1 Å². The first-order chi connectivity index (χ1) is 10.1. The van der Waals surface area contributed by atoms with E-state index in [4.69, 9.17) is 0 Å². The van der Waals surface area contributed by atoms with Crippen molar-refractivity contribution in [2.75, 3.05) is 11.9 Å². The van der Waals surface area contributed by atoms with E-state index in [1.165, 1.54) is 24.3 Å². The summed E-state index contributed by atoms with van der Waals surface area (Å²) in [5.41, 5.74) is 1.50. The van der Waals surface area contributed by atoms with Gasteiger partial charge >= 0.3 is 6.03 Å². The first-order valence-electron chi connectivity index (χ1n) is 6.66. The zero-order chi connectivity index (χ0) is 15.1. The Hall–Kier alpha value is -2.40. The highest BCUT2D eigenvalue weighted by Crippen LogP contribution is 2.08. The Labute approximate surface area is 122 Å². The average Bonchev–Trinajstić information content (AvgIpc) is 2.49. The van der Waals surface area contributed by atoms with Crippen LogP contribution in [0.4, 0.5) is 14.9 Å². The highest BCUT2D eigenvalue weighted by molar-refractivity contribution is 5.89. The maximum atomic E-state index is 12.7. The van der Waals surface area contributed by atoms with Gasteiger partial charge in [-0.3, -0.25) is 0 Å². The Kier molecular flexibility index (Phi) is 5.29. The SMILES string of the molecule is O=C(NCC(O)Cc1ccccc1)Nc1ccc(F)cc1. The van der Waals surface area contributed by atoms with Crippen molar-refractivity contribution in [3.8, 4) is 0 Å². The number of carbonyl (C=O) groups is 1. The number of aliphatic hydroxyl groups is 1. The van der Waals surface area contributed by atoms with Crippen LogP contribution in [0.15, 0.2) is 54.6 Å². The van der Waals surface area contributed by atoms with E-state index in [-0.39, 0.29) is 12.4 Å². The van der Waals surface area contributed by atoms with Crippen LogP contribution in [0.1, 0.15) is 5.56 Å². The van der Waals surface area contributed by atoms with Gasteiger partial charge in [0.25, 0.3) is 0 Å². The predicted octanol–water partition coefficient (Wildman–Crippen LogP) is 2.55. The van der Waals surface area contributed by atoms with Crippen molar-refractivity contribution >= 4 is 11.7 Å². The summed E-state index contributed by atoms with van der Waals surface area (Å²) in [6.45, 7) is 0.141. The molecule has 0 saturated carbocycles. The molecule has 0 aliphatic carbocycles. The van der Waals surface area contributed by atoms with Crippen LogP contribution in [0.5, 0.6) is 0 Å². The second-order valence-corrected chi connectivity index (χ2v) is 4.69. The maximum Gasteiger partial charge on any atom is 0.319 e. The van der Waals surface area contributed by atoms with Gasteiger partial charge in [-0.2, -0.15) is 0 Å². The Morgan fingerprint density at radius 3 is 2.43 bits per heavy atom. The second kappa shape index (κ2) is 7.40. The lowest BCUT2D eigenvalue weighted by atomic mass is 10.1. The molecule has 2 aromatic rings. The summed E-state index contributed by atoms with van der Waals surface area (Å²) < 4.78 is 12.7. The van der Waals surface area contributed by atoms with Crippen LogP contribution in [0.2, 0.25) is 0 Å². The third kappa shape index (κ3) is 5.24. The van der Waals surface area contributed by atoms with Crippen LogP contribution in [-0.4, -0.2) is 23.8 Å². The number of carbonyl (C=O) groups excluding carboxylic acids is 1. The molecule has 2 amide bonds. The summed E-state index contributed by atoms with van der Waals surface area (Å²) in [7, 11) is 0. The predicted molar refractivity (Wildman–Crippen MR) is 79.6 cm³/mol. The van der Waals surface area contributed by atoms with E-state index in [2.05, 4.69) is 10.6 Å². The van der Waals surface area contributed by atoms with Crippen LogP contribution in [0.25, 0.3) is 0 Å². The number of benzene rings is 2. The molecule has 0 radical (unpaired) electrons. The molecule has 1 atom stereocenters. The second-order valence-electron chi connectivity index (χ2n) is 4.69. The van der Waals surface area contributed by atoms with E-state index in [0.717, 1.165) is 5.56 Å². The van der Waals surface area contributed by atoms with Gasteiger partial charge in [-0.05, 0) is 29.8 Å². The lowest BCUT2D eigenvalue weighted by molar-refractivity contribution is 0.172. The van der Waals surface area contributed by atoms with Crippen LogP contribution in [0, 0.1) is 5.82 Å². The standard InChI is InChI=1S/C16H17FN2O2/c17-13-6-8-14(9-7-13)19-16(21)18-11-15(20)10-12-4-2-1-3-5-12/h1-9,15,20H,10-11H2,(H2,18,19,21). The number of nitrogens with one attached hydrogen (secondary N) is 2. The summed E-state index contributed by atoms with van der Waals surface area (Å²) in [6.07, 6.45) is -0.191. The molecule has 0 saturated heterocycles. The van der Waals surface area contributed by atoms with Gasteiger partial charge in [-0.15, -0.1) is 0 Å². The van der Waals surface area contributed by atoms with E-state index in [9.17, 15) is 14.3 Å². The van der Waals surface area contributed by atoms with Crippen LogP contribution in [-0.2, 0) is 6.42 Å². The number of rotatable bonds is 5. The van der Waals surface area contributed by atoms with Gasteiger partial charge in [-0.1, -0.05) is 30.3 Å². The number of halogens is 1. The summed E-state index contributed by atoms with van der Waals surface area (Å²) in [5.74, 6) is -0.362. The molecule has 0 aliphatic heterocycles. The van der Waals surface area contributed by atoms with E-state index in [1.54, 1.807) is 0 Å². The van der Waals surface area contributed by atoms with Gasteiger partial charge < -0.3 is 15.7 Å². The topological polar surface area (TPSA) is 61.4 Å². The van der Waals surface area contributed by atoms with Crippen molar-refractivity contribution in [2.45, 2.75) is 12.5 Å². The molecular weight excluding hydrogens is 271 g/mol. The minimum absolute atomic E-state index is 0.141. The molecule has 21 heavy (non-hydrogen) atoms. The lowest BCUT2D eigenvalue weighted by Crippen LogP contribution is -2.36. The highest BCUT2D eigenvalue weighted by atomic mass is 19.1. The fourth-order valence-corrected chi connectivity index (χ4v) is 1.88. The molecule has 0 bridgehead atoms. The van der Waals surface area contributed by atoms with Crippen LogP contribution < -0.4 is 10.6 Å². The number of hydrogen-bond acceptors (Lipinski definition) is 2. The monoisotopic (exact) mass is 288 g/mol. The molecule has 0 heterocycles. The largest absolute Gasteiger partial charge is 0.391 e. The van der Waals surface area contributed by atoms with E-state index >= 15 is 0 Å². The van der Waals surface area contributed by atoms with Gasteiger partial charge in [0, 0.05) is 18.7 Å². The van der Waals surface area contributed by atoms with Gasteiger partial charge in [0.05, 0.1) is 6.10 Å². The van der Waals surface area contributed by atoms with E-state index in [1.807, 2.05) is 30.3 Å². The maximum absolute atomic E-state index is 12.7. The Morgan fingerprint density at radius 2 is 1.76 bits per heavy atom. The molecular formula is C16H17FN2O2. The summed E-state index contributed by atoms with van der Waals surface area (Å²) in [4.78, 5) is 11.6. The summed E-state index contributed by atoms with van der Waals surface area (Å²) >= 11 is 0.